The zero-order valence-electron chi connectivity index (χ0n) is 9.77. The van der Waals surface area contributed by atoms with Crippen molar-refractivity contribution in [3.05, 3.63) is 21.9 Å². The van der Waals surface area contributed by atoms with Gasteiger partial charge in [-0.15, -0.1) is 13.2 Å². The highest BCUT2D eigenvalue weighted by molar-refractivity contribution is 7.89. The van der Waals surface area contributed by atoms with Gasteiger partial charge in [0.25, 0.3) is 10.0 Å². The van der Waals surface area contributed by atoms with E-state index in [9.17, 15) is 44.9 Å². The van der Waals surface area contributed by atoms with E-state index in [0.29, 0.717) is 0 Å². The monoisotopic (exact) mass is 355 g/mol. The number of primary sulfonamides is 1. The topological polar surface area (TPSA) is 125 Å². The van der Waals surface area contributed by atoms with Gasteiger partial charge in [0.05, 0.1) is 4.92 Å². The van der Waals surface area contributed by atoms with Crippen LogP contribution < -0.4 is 9.88 Å². The molecule has 1 rings (SSSR count). The van der Waals surface area contributed by atoms with Gasteiger partial charge in [0.1, 0.15) is 0 Å². The van der Waals surface area contributed by atoms with Gasteiger partial charge in [-0.2, -0.15) is 13.2 Å². The SMILES string of the molecule is NS(=O)(=O)c1cc(OC(F)(F)F)c([N+](=O)[O-])c(C(F)(F)F)n1. The maximum atomic E-state index is 12.7. The lowest BCUT2D eigenvalue weighted by molar-refractivity contribution is -0.392. The molecule has 1 aromatic heterocycles. The first-order valence-electron chi connectivity index (χ1n) is 4.68. The Labute approximate surface area is 116 Å². The number of pyridine rings is 1. The maximum Gasteiger partial charge on any atom is 0.573 e. The van der Waals surface area contributed by atoms with Crippen LogP contribution in [0.1, 0.15) is 5.69 Å². The number of nitrogens with two attached hydrogens (primary N) is 1. The van der Waals surface area contributed by atoms with Crippen LogP contribution in [0.4, 0.5) is 32.0 Å². The highest BCUT2D eigenvalue weighted by Gasteiger charge is 2.46. The van der Waals surface area contributed by atoms with Crippen LogP contribution in [0.15, 0.2) is 11.1 Å². The van der Waals surface area contributed by atoms with E-state index in [1.807, 2.05) is 0 Å². The molecule has 15 heteroatoms. The zero-order valence-corrected chi connectivity index (χ0v) is 10.6. The number of nitro groups is 1. The van der Waals surface area contributed by atoms with Crippen molar-refractivity contribution < 1.29 is 44.4 Å². The van der Waals surface area contributed by atoms with Crippen molar-refractivity contribution in [1.82, 2.24) is 4.98 Å². The van der Waals surface area contributed by atoms with Crippen LogP contribution in [0.3, 0.4) is 0 Å². The lowest BCUT2D eigenvalue weighted by atomic mass is 10.2. The van der Waals surface area contributed by atoms with Crippen LogP contribution >= 0.6 is 0 Å². The molecule has 0 fully saturated rings. The molecule has 1 heterocycles. The van der Waals surface area contributed by atoms with Crippen LogP contribution in [-0.2, 0) is 16.2 Å². The number of alkyl halides is 6. The fourth-order valence-corrected chi connectivity index (χ4v) is 1.70. The summed E-state index contributed by atoms with van der Waals surface area (Å²) in [6.07, 6.45) is -11.3. The van der Waals surface area contributed by atoms with E-state index in [-0.39, 0.29) is 6.07 Å². The molecule has 1 aromatic rings. The molecule has 0 bridgehead atoms. The summed E-state index contributed by atoms with van der Waals surface area (Å²) in [7, 11) is -4.99. The van der Waals surface area contributed by atoms with E-state index >= 15 is 0 Å². The molecule has 0 aromatic carbocycles. The van der Waals surface area contributed by atoms with Crippen molar-refractivity contribution in [3.63, 3.8) is 0 Å². The number of sulfonamides is 1. The van der Waals surface area contributed by atoms with E-state index in [0.717, 1.165) is 0 Å². The lowest BCUT2D eigenvalue weighted by Gasteiger charge is -2.13. The summed E-state index contributed by atoms with van der Waals surface area (Å²) in [5.74, 6) is -2.01. The third-order valence-corrected chi connectivity index (χ3v) is 2.69. The molecule has 0 atom stereocenters. The molecule has 0 radical (unpaired) electrons. The predicted molar refractivity (Wildman–Crippen MR) is 53.9 cm³/mol. The van der Waals surface area contributed by atoms with Gasteiger partial charge < -0.3 is 4.74 Å². The maximum absolute atomic E-state index is 12.7. The van der Waals surface area contributed by atoms with Gasteiger partial charge in [0.15, 0.2) is 5.03 Å². The fourth-order valence-electron chi connectivity index (χ4n) is 1.21. The number of nitrogens with zero attached hydrogens (tertiary/aromatic N) is 2. The normalized spacial score (nSPS) is 13.0. The summed E-state index contributed by atoms with van der Waals surface area (Å²) in [4.78, 5) is 11.1. The Morgan fingerprint density at radius 3 is 2.05 bits per heavy atom. The van der Waals surface area contributed by atoms with Crippen LogP contribution in [-0.4, -0.2) is 24.7 Å². The van der Waals surface area contributed by atoms with Crippen LogP contribution in [0.5, 0.6) is 5.75 Å². The van der Waals surface area contributed by atoms with Crippen molar-refractivity contribution in [2.75, 3.05) is 0 Å². The largest absolute Gasteiger partial charge is 0.573 e. The number of ether oxygens (including phenoxy) is 1. The molecule has 124 valence electrons. The van der Waals surface area contributed by atoms with Gasteiger partial charge in [0.2, 0.25) is 11.4 Å². The second kappa shape index (κ2) is 5.24. The summed E-state index contributed by atoms with van der Waals surface area (Å²) >= 11 is 0. The summed E-state index contributed by atoms with van der Waals surface area (Å²) in [6, 6.07) is -0.226. The number of aromatic nitrogens is 1. The Bertz CT molecular complexity index is 713. The third kappa shape index (κ3) is 4.17. The minimum Gasteiger partial charge on any atom is -0.398 e. The molecule has 0 amide bonds. The van der Waals surface area contributed by atoms with Crippen LogP contribution in [0.25, 0.3) is 0 Å². The Kier molecular flexibility index (Phi) is 4.26. The predicted octanol–water partition coefficient (Wildman–Crippen LogP) is 1.55. The van der Waals surface area contributed by atoms with E-state index in [1.165, 1.54) is 0 Å². The molecule has 0 aliphatic carbocycles. The second-order valence-electron chi connectivity index (χ2n) is 3.50. The lowest BCUT2D eigenvalue weighted by Crippen LogP contribution is -2.23. The first-order chi connectivity index (χ1) is 9.63. The highest BCUT2D eigenvalue weighted by Crippen LogP contribution is 2.42. The van der Waals surface area contributed by atoms with E-state index in [4.69, 9.17) is 0 Å². The number of rotatable bonds is 3. The number of hydrogen-bond donors (Lipinski definition) is 1. The molecule has 8 nitrogen and oxygen atoms in total. The van der Waals surface area contributed by atoms with Crippen LogP contribution in [0.2, 0.25) is 0 Å². The molecular formula is C7H3F6N3O5S. The molecular weight excluding hydrogens is 352 g/mol. The molecule has 22 heavy (non-hydrogen) atoms. The van der Waals surface area contributed by atoms with Gasteiger partial charge in [-0.1, -0.05) is 0 Å². The van der Waals surface area contributed by atoms with Gasteiger partial charge in [-0.05, 0) is 0 Å². The number of hydrogen-bond acceptors (Lipinski definition) is 6. The fraction of sp³-hybridized carbons (Fsp3) is 0.286. The minimum atomic E-state index is -5.63. The van der Waals surface area contributed by atoms with Crippen molar-refractivity contribution in [2.45, 2.75) is 17.6 Å². The molecule has 0 spiro atoms. The molecule has 0 saturated carbocycles. The third-order valence-electron chi connectivity index (χ3n) is 1.90. The van der Waals surface area contributed by atoms with Crippen molar-refractivity contribution >= 4 is 15.7 Å². The molecule has 0 saturated heterocycles. The second-order valence-corrected chi connectivity index (χ2v) is 5.01. The van der Waals surface area contributed by atoms with Gasteiger partial charge in [0, 0.05) is 6.07 Å². The van der Waals surface area contributed by atoms with Gasteiger partial charge in [-0.25, -0.2) is 18.5 Å². The Morgan fingerprint density at radius 1 is 1.23 bits per heavy atom. The summed E-state index contributed by atoms with van der Waals surface area (Å²) < 4.78 is 99.3. The first kappa shape index (κ1) is 17.9. The standard InChI is InChI=1S/C7H3F6N3O5S/c8-6(9,10)5-4(16(17)18)2(21-7(11,12)13)1-3(15-5)22(14,19)20/h1H,(H2,14,19,20). The van der Waals surface area contributed by atoms with Crippen molar-refractivity contribution in [2.24, 2.45) is 5.14 Å². The highest BCUT2D eigenvalue weighted by atomic mass is 32.2. The molecule has 2 N–H and O–H groups in total. The Morgan fingerprint density at radius 2 is 1.73 bits per heavy atom. The molecule has 0 aliphatic heterocycles. The van der Waals surface area contributed by atoms with Gasteiger partial charge >= 0.3 is 18.2 Å². The quantitative estimate of drug-likeness (QED) is 0.498. The first-order valence-corrected chi connectivity index (χ1v) is 6.22. The average molecular weight is 355 g/mol. The Balaban J connectivity index is 3.82. The van der Waals surface area contributed by atoms with E-state index in [1.54, 1.807) is 0 Å². The van der Waals surface area contributed by atoms with Crippen molar-refractivity contribution in [3.8, 4) is 5.75 Å². The smallest absolute Gasteiger partial charge is 0.398 e. The van der Waals surface area contributed by atoms with Crippen LogP contribution in [0, 0.1) is 10.1 Å². The molecule has 0 aliphatic rings. The zero-order chi connectivity index (χ0) is 17.5. The van der Waals surface area contributed by atoms with E-state index in [2.05, 4.69) is 14.9 Å². The van der Waals surface area contributed by atoms with E-state index < -0.39 is 49.6 Å². The van der Waals surface area contributed by atoms with Gasteiger partial charge in [-0.3, -0.25) is 10.1 Å². The average Bonchev–Trinajstić information content (AvgIpc) is 2.22. The van der Waals surface area contributed by atoms with Crippen molar-refractivity contribution in [1.29, 1.82) is 0 Å². The molecule has 0 unspecified atom stereocenters. The summed E-state index contributed by atoms with van der Waals surface area (Å²) in [5.41, 5.74) is -4.69. The minimum absolute atomic E-state index is 0.226. The summed E-state index contributed by atoms with van der Waals surface area (Å²) in [6.45, 7) is 0. The summed E-state index contributed by atoms with van der Waals surface area (Å²) in [5, 5.41) is 13.4. The number of halogens is 6. The Hall–Kier alpha value is -2.16.